The second kappa shape index (κ2) is 13.1. The number of amides is 2. The Bertz CT molecular complexity index is 246. The van der Waals surface area contributed by atoms with Gasteiger partial charge in [-0.1, -0.05) is 12.8 Å². The van der Waals surface area contributed by atoms with Gasteiger partial charge in [-0.2, -0.15) is 0 Å². The van der Waals surface area contributed by atoms with Crippen LogP contribution in [0.15, 0.2) is 0 Å². The van der Waals surface area contributed by atoms with E-state index < -0.39 is 0 Å². The average molecular weight is 494 g/mol. The molecule has 2 amide bonds. The van der Waals surface area contributed by atoms with Gasteiger partial charge in [-0.05, 0) is 12.8 Å². The SMILES string of the molecule is NC(=O)CN[C@@H]1CCCC[C@H]1NCC(N)=O.[Cl-].[Cl-].[Pt+2]. The minimum atomic E-state index is -0.362. The number of nitrogens with one attached hydrogen (secondary N) is 2. The first-order valence-corrected chi connectivity index (χ1v) is 5.63. The van der Waals surface area contributed by atoms with E-state index in [1.54, 1.807) is 0 Å². The second-order valence-electron chi connectivity index (χ2n) is 4.19. The molecule has 1 fully saturated rings. The van der Waals surface area contributed by atoms with E-state index in [-0.39, 0.29) is 82.9 Å². The van der Waals surface area contributed by atoms with Crippen molar-refractivity contribution in [3.05, 3.63) is 0 Å². The maximum absolute atomic E-state index is 10.7. The van der Waals surface area contributed by atoms with E-state index in [1.807, 2.05) is 0 Å². The number of carbonyl (C=O) groups excluding carboxylic acids is 2. The summed E-state index contributed by atoms with van der Waals surface area (Å²) in [5, 5.41) is 6.21. The van der Waals surface area contributed by atoms with Crippen LogP contribution in [0.1, 0.15) is 25.7 Å². The third-order valence-electron chi connectivity index (χ3n) is 2.84. The largest absolute Gasteiger partial charge is 2.00 e. The number of hydrogen-bond acceptors (Lipinski definition) is 4. The third kappa shape index (κ3) is 10.6. The molecule has 0 aromatic rings. The van der Waals surface area contributed by atoms with Gasteiger partial charge in [0.05, 0.1) is 13.1 Å². The first-order chi connectivity index (χ1) is 7.59. The summed E-state index contributed by atoms with van der Waals surface area (Å²) in [5.74, 6) is -0.724. The summed E-state index contributed by atoms with van der Waals surface area (Å²) in [6.07, 6.45) is 4.24. The minimum absolute atomic E-state index is 0. The molecule has 0 bridgehead atoms. The van der Waals surface area contributed by atoms with Crippen LogP contribution in [0.3, 0.4) is 0 Å². The zero-order valence-electron chi connectivity index (χ0n) is 10.4. The first kappa shape index (κ1) is 24.2. The number of hydrogen-bond donors (Lipinski definition) is 4. The number of carbonyl (C=O) groups is 2. The molecule has 0 aromatic heterocycles. The van der Waals surface area contributed by atoms with Crippen molar-refractivity contribution in [1.29, 1.82) is 0 Å². The summed E-state index contributed by atoms with van der Waals surface area (Å²) in [5.41, 5.74) is 10.2. The molecule has 116 valence electrons. The van der Waals surface area contributed by atoms with Crippen molar-refractivity contribution in [2.24, 2.45) is 11.5 Å². The molecule has 1 aliphatic rings. The Balaban J connectivity index is -0.000000853. The number of halogens is 2. The summed E-state index contributed by atoms with van der Waals surface area (Å²) < 4.78 is 0. The second-order valence-corrected chi connectivity index (χ2v) is 4.19. The Labute approximate surface area is 140 Å². The minimum Gasteiger partial charge on any atom is -1.00 e. The van der Waals surface area contributed by atoms with E-state index in [0.717, 1.165) is 25.7 Å². The van der Waals surface area contributed by atoms with E-state index in [1.165, 1.54) is 0 Å². The predicted octanol–water partition coefficient (Wildman–Crippen LogP) is -7.55. The van der Waals surface area contributed by atoms with Gasteiger partial charge in [0.1, 0.15) is 0 Å². The molecular weight excluding hydrogens is 474 g/mol. The maximum atomic E-state index is 10.7. The number of primary amides is 2. The van der Waals surface area contributed by atoms with Crippen LogP contribution < -0.4 is 46.9 Å². The van der Waals surface area contributed by atoms with Crippen LogP contribution >= 0.6 is 0 Å². The summed E-state index contributed by atoms with van der Waals surface area (Å²) in [4.78, 5) is 21.4. The summed E-state index contributed by atoms with van der Waals surface area (Å²) in [6, 6.07) is 0.390. The van der Waals surface area contributed by atoms with Gasteiger partial charge in [-0.25, -0.2) is 0 Å². The summed E-state index contributed by atoms with van der Waals surface area (Å²) in [7, 11) is 0. The van der Waals surface area contributed by atoms with Gasteiger partial charge in [0.2, 0.25) is 11.8 Å². The van der Waals surface area contributed by atoms with E-state index >= 15 is 0 Å². The molecule has 1 rings (SSSR count). The molecule has 0 unspecified atom stereocenters. The maximum Gasteiger partial charge on any atom is 2.00 e. The molecule has 6 N–H and O–H groups in total. The van der Waals surface area contributed by atoms with Gasteiger partial charge in [0, 0.05) is 12.1 Å². The Morgan fingerprint density at radius 1 is 0.895 bits per heavy atom. The number of rotatable bonds is 6. The molecule has 2 atom stereocenters. The molecule has 0 aromatic carbocycles. The Morgan fingerprint density at radius 2 is 1.21 bits per heavy atom. The molecule has 0 heterocycles. The molecule has 0 aliphatic heterocycles. The van der Waals surface area contributed by atoms with Crippen molar-refractivity contribution < 1.29 is 55.5 Å². The summed E-state index contributed by atoms with van der Waals surface area (Å²) >= 11 is 0. The zero-order valence-corrected chi connectivity index (χ0v) is 14.2. The fourth-order valence-electron chi connectivity index (χ4n) is 2.08. The van der Waals surface area contributed by atoms with Crippen molar-refractivity contribution in [2.75, 3.05) is 13.1 Å². The predicted molar refractivity (Wildman–Crippen MR) is 60.4 cm³/mol. The van der Waals surface area contributed by atoms with Gasteiger partial charge < -0.3 is 46.9 Å². The fraction of sp³-hybridized carbons (Fsp3) is 0.800. The van der Waals surface area contributed by atoms with Gasteiger partial charge >= 0.3 is 21.1 Å². The average Bonchev–Trinajstić information content (AvgIpc) is 2.24. The van der Waals surface area contributed by atoms with Crippen molar-refractivity contribution in [3.8, 4) is 0 Å². The van der Waals surface area contributed by atoms with Crippen molar-refractivity contribution >= 4 is 11.8 Å². The van der Waals surface area contributed by atoms with E-state index in [9.17, 15) is 9.59 Å². The smallest absolute Gasteiger partial charge is 1.00 e. The topological polar surface area (TPSA) is 110 Å². The van der Waals surface area contributed by atoms with Crippen LogP contribution in [0.4, 0.5) is 0 Å². The molecule has 1 aliphatic carbocycles. The van der Waals surface area contributed by atoms with E-state index in [0.29, 0.717) is 0 Å². The van der Waals surface area contributed by atoms with Gasteiger partial charge in [-0.15, -0.1) is 0 Å². The van der Waals surface area contributed by atoms with Crippen LogP contribution in [-0.4, -0.2) is 37.0 Å². The third-order valence-corrected chi connectivity index (χ3v) is 2.84. The normalized spacial score (nSPS) is 21.3. The van der Waals surface area contributed by atoms with Crippen molar-refractivity contribution in [2.45, 2.75) is 37.8 Å². The standard InChI is InChI=1S/C10H20N4O2.2ClH.Pt/c11-9(15)5-13-7-3-1-2-4-8(7)14-6-10(12)16;;;/h7-8,13-14H,1-6H2,(H2,11,15)(H2,12,16);2*1H;/q;;;+2/p-2/t7-,8-;;;/m1.../s1. The van der Waals surface area contributed by atoms with Crippen LogP contribution in [0.25, 0.3) is 0 Å². The molecule has 6 nitrogen and oxygen atoms in total. The van der Waals surface area contributed by atoms with Crippen LogP contribution in [0.2, 0.25) is 0 Å². The van der Waals surface area contributed by atoms with E-state index in [4.69, 9.17) is 11.5 Å². The van der Waals surface area contributed by atoms with Gasteiger partial charge in [0.15, 0.2) is 0 Å². The zero-order chi connectivity index (χ0) is 12.0. The van der Waals surface area contributed by atoms with Crippen LogP contribution in [0, 0.1) is 0 Å². The first-order valence-electron chi connectivity index (χ1n) is 5.63. The number of nitrogens with two attached hydrogens (primary N) is 2. The van der Waals surface area contributed by atoms with Gasteiger partial charge in [-0.3, -0.25) is 9.59 Å². The molecule has 9 heteroatoms. The quantitative estimate of drug-likeness (QED) is 0.294. The Hall–Kier alpha value is 0.128. The fourth-order valence-corrected chi connectivity index (χ4v) is 2.08. The molecule has 19 heavy (non-hydrogen) atoms. The Kier molecular flexibility index (Phi) is 16.7. The monoisotopic (exact) mass is 493 g/mol. The van der Waals surface area contributed by atoms with Gasteiger partial charge in [0.25, 0.3) is 0 Å². The van der Waals surface area contributed by atoms with Crippen LogP contribution in [0.5, 0.6) is 0 Å². The van der Waals surface area contributed by atoms with E-state index in [2.05, 4.69) is 10.6 Å². The van der Waals surface area contributed by atoms with Crippen molar-refractivity contribution in [1.82, 2.24) is 10.6 Å². The molecule has 1 saturated carbocycles. The molecule has 0 radical (unpaired) electrons. The van der Waals surface area contributed by atoms with Crippen LogP contribution in [-0.2, 0) is 30.7 Å². The molecule has 0 spiro atoms. The molecule has 0 saturated heterocycles. The molecular formula is C10H20Cl2N4O2Pt. The summed E-state index contributed by atoms with van der Waals surface area (Å²) in [6.45, 7) is 0.360. The Morgan fingerprint density at radius 3 is 1.47 bits per heavy atom. The van der Waals surface area contributed by atoms with Crippen molar-refractivity contribution in [3.63, 3.8) is 0 Å².